The number of piperidine rings is 1. The molecule has 48 heavy (non-hydrogen) atoms. The number of likely N-dealkylation sites (tertiary alicyclic amines) is 1. The molecule has 2 aromatic carbocycles. The van der Waals surface area contributed by atoms with Crippen LogP contribution in [-0.4, -0.2) is 70.7 Å². The summed E-state index contributed by atoms with van der Waals surface area (Å²) in [6.07, 6.45) is 5.91. The molecule has 2 fully saturated rings. The molecule has 0 unspecified atom stereocenters. The SMILES string of the molecule is NCCCC[C@H](CC(=O)[C@@H]1C[C@@H](OCc2ccc(Cl)cc2)CN1C(=O)Cc1cnc(C2CCNCC2)s1)C(=O)c1nc2ccccc2o1. The number of aromatic nitrogens is 2. The number of nitrogens with one attached hydrogen (secondary N) is 1. The van der Waals surface area contributed by atoms with Crippen LogP contribution < -0.4 is 11.1 Å². The van der Waals surface area contributed by atoms with Crippen LogP contribution in [0.2, 0.25) is 5.02 Å². The van der Waals surface area contributed by atoms with Gasteiger partial charge >= 0.3 is 0 Å². The number of hydrogen-bond donors (Lipinski definition) is 2. The Bertz CT molecular complexity index is 1670. The van der Waals surface area contributed by atoms with Gasteiger partial charge in [0.15, 0.2) is 11.4 Å². The van der Waals surface area contributed by atoms with Crippen LogP contribution in [0.15, 0.2) is 59.1 Å². The summed E-state index contributed by atoms with van der Waals surface area (Å²) < 4.78 is 12.0. The van der Waals surface area contributed by atoms with Gasteiger partial charge in [0, 0.05) is 47.3 Å². The largest absolute Gasteiger partial charge is 0.434 e. The smallest absolute Gasteiger partial charge is 0.264 e. The molecular weight excluding hydrogens is 650 g/mol. The monoisotopic (exact) mass is 691 g/mol. The quantitative estimate of drug-likeness (QED) is 0.118. The van der Waals surface area contributed by atoms with Crippen LogP contribution in [0.5, 0.6) is 0 Å². The van der Waals surface area contributed by atoms with E-state index in [0.717, 1.165) is 47.8 Å². The third kappa shape index (κ3) is 8.56. The number of thiazole rings is 1. The molecule has 4 heterocycles. The van der Waals surface area contributed by atoms with E-state index in [4.69, 9.17) is 26.5 Å². The van der Waals surface area contributed by atoms with Gasteiger partial charge in [-0.25, -0.2) is 9.97 Å². The molecule has 10 nitrogen and oxygen atoms in total. The summed E-state index contributed by atoms with van der Waals surface area (Å²) in [6.45, 7) is 3.05. The second-order valence-corrected chi connectivity index (χ2v) is 14.3. The van der Waals surface area contributed by atoms with E-state index in [-0.39, 0.29) is 42.3 Å². The average molecular weight is 692 g/mol. The van der Waals surface area contributed by atoms with E-state index in [9.17, 15) is 14.4 Å². The Labute approximate surface area is 289 Å². The van der Waals surface area contributed by atoms with Crippen molar-refractivity contribution in [2.24, 2.45) is 11.7 Å². The second-order valence-electron chi connectivity index (χ2n) is 12.7. The molecule has 0 spiro atoms. The fourth-order valence-electron chi connectivity index (χ4n) is 6.60. The molecule has 1 amide bonds. The van der Waals surface area contributed by atoms with E-state index in [1.165, 1.54) is 0 Å². The minimum Gasteiger partial charge on any atom is -0.434 e. The summed E-state index contributed by atoms with van der Waals surface area (Å²) in [6, 6.07) is 13.9. The molecule has 12 heteroatoms. The number of carbonyl (C=O) groups is 3. The molecule has 2 aromatic heterocycles. The zero-order chi connectivity index (χ0) is 33.5. The molecule has 2 aliphatic rings. The summed E-state index contributed by atoms with van der Waals surface area (Å²) in [5.74, 6) is -0.851. The minimum absolute atomic E-state index is 0.0000222. The molecular formula is C36H42ClN5O5S. The summed E-state index contributed by atoms with van der Waals surface area (Å²) in [7, 11) is 0. The van der Waals surface area contributed by atoms with Gasteiger partial charge in [-0.15, -0.1) is 11.3 Å². The number of unbranched alkanes of at least 4 members (excludes halogenated alkanes) is 1. The summed E-state index contributed by atoms with van der Waals surface area (Å²) >= 11 is 7.64. The number of nitrogens with two attached hydrogens (primary N) is 1. The molecule has 0 bridgehead atoms. The third-order valence-corrected chi connectivity index (χ3v) is 10.7. The fourth-order valence-corrected chi connectivity index (χ4v) is 7.80. The lowest BCUT2D eigenvalue weighted by Gasteiger charge is -2.25. The molecule has 0 saturated carbocycles. The molecule has 0 radical (unpaired) electrons. The number of oxazole rings is 1. The van der Waals surface area contributed by atoms with Crippen molar-refractivity contribution in [3.8, 4) is 0 Å². The van der Waals surface area contributed by atoms with Crippen molar-refractivity contribution >= 4 is 51.5 Å². The van der Waals surface area contributed by atoms with E-state index in [1.54, 1.807) is 34.6 Å². The predicted octanol–water partition coefficient (Wildman–Crippen LogP) is 5.72. The number of halogens is 1. The van der Waals surface area contributed by atoms with Crippen LogP contribution in [0.4, 0.5) is 0 Å². The summed E-state index contributed by atoms with van der Waals surface area (Å²) in [4.78, 5) is 53.3. The number of fused-ring (bicyclic) bond motifs is 1. The van der Waals surface area contributed by atoms with Gasteiger partial charge in [0.05, 0.1) is 30.2 Å². The number of Topliss-reactive ketones (excluding diaryl/α,β-unsaturated/α-hetero) is 2. The van der Waals surface area contributed by atoms with Gasteiger partial charge in [-0.2, -0.15) is 0 Å². The first kappa shape index (κ1) is 34.4. The highest BCUT2D eigenvalue weighted by molar-refractivity contribution is 7.11. The lowest BCUT2D eigenvalue weighted by Crippen LogP contribution is -2.42. The van der Waals surface area contributed by atoms with Crippen molar-refractivity contribution in [1.82, 2.24) is 20.2 Å². The minimum atomic E-state index is -0.710. The Morgan fingerprint density at radius 1 is 1.10 bits per heavy atom. The van der Waals surface area contributed by atoms with Crippen LogP contribution in [0, 0.1) is 5.92 Å². The normalized spacial score (nSPS) is 19.2. The highest BCUT2D eigenvalue weighted by Crippen LogP contribution is 2.31. The van der Waals surface area contributed by atoms with E-state index in [2.05, 4.69) is 15.3 Å². The van der Waals surface area contributed by atoms with Gasteiger partial charge in [0.25, 0.3) is 5.89 Å². The van der Waals surface area contributed by atoms with Crippen LogP contribution >= 0.6 is 22.9 Å². The maximum Gasteiger partial charge on any atom is 0.264 e. The average Bonchev–Trinajstić information content (AvgIpc) is 3.86. The van der Waals surface area contributed by atoms with Crippen molar-refractivity contribution in [3.63, 3.8) is 0 Å². The third-order valence-electron chi connectivity index (χ3n) is 9.27. The van der Waals surface area contributed by atoms with Crippen LogP contribution in [0.25, 0.3) is 11.1 Å². The lowest BCUT2D eigenvalue weighted by atomic mass is 9.89. The maximum absolute atomic E-state index is 14.1. The Kier molecular flexibility index (Phi) is 11.7. The topological polar surface area (TPSA) is 141 Å². The summed E-state index contributed by atoms with van der Waals surface area (Å²) in [5.41, 5.74) is 7.81. The van der Waals surface area contributed by atoms with Crippen LogP contribution in [-0.2, 0) is 27.4 Å². The van der Waals surface area contributed by atoms with Crippen molar-refractivity contribution in [2.75, 3.05) is 26.2 Å². The van der Waals surface area contributed by atoms with Crippen molar-refractivity contribution in [3.05, 3.63) is 81.1 Å². The lowest BCUT2D eigenvalue weighted by molar-refractivity contribution is -0.137. The van der Waals surface area contributed by atoms with Gasteiger partial charge in [-0.1, -0.05) is 42.3 Å². The zero-order valence-corrected chi connectivity index (χ0v) is 28.5. The standard InChI is InChI=1S/C36H42ClN5O5S/c37-26-10-8-23(9-11-26)22-46-27-18-30(42(21-27)33(44)19-28-20-40-36(48-28)24-12-15-39-16-13-24)31(43)17-25(5-3-4-14-38)34(45)35-41-29-6-1-2-7-32(29)47-35/h1-2,6-11,20,24-25,27,30,39H,3-5,12-19,21-22,38H2/t25-,27-,30+/m1/s1. The molecule has 3 N–H and O–H groups in total. The molecule has 2 saturated heterocycles. The second kappa shape index (κ2) is 16.3. The highest BCUT2D eigenvalue weighted by atomic mass is 35.5. The molecule has 6 rings (SSSR count). The van der Waals surface area contributed by atoms with E-state index in [0.29, 0.717) is 61.0 Å². The van der Waals surface area contributed by atoms with Gasteiger partial charge < -0.3 is 25.1 Å². The number of carbonyl (C=O) groups excluding carboxylic acids is 3. The van der Waals surface area contributed by atoms with Crippen LogP contribution in [0.1, 0.15) is 77.0 Å². The van der Waals surface area contributed by atoms with E-state index in [1.807, 2.05) is 36.4 Å². The fraction of sp³-hybridized carbons (Fsp3) is 0.472. The predicted molar refractivity (Wildman–Crippen MR) is 185 cm³/mol. The first-order chi connectivity index (χ1) is 23.4. The van der Waals surface area contributed by atoms with Gasteiger partial charge in [-0.3, -0.25) is 14.4 Å². The van der Waals surface area contributed by atoms with Gasteiger partial charge in [0.1, 0.15) is 5.52 Å². The Morgan fingerprint density at radius 2 is 1.90 bits per heavy atom. The van der Waals surface area contributed by atoms with E-state index >= 15 is 0 Å². The molecule has 0 aliphatic carbocycles. The van der Waals surface area contributed by atoms with Crippen LogP contribution in [0.3, 0.4) is 0 Å². The number of ketones is 2. The number of rotatable bonds is 15. The number of benzene rings is 2. The number of nitrogens with zero attached hydrogens (tertiary/aromatic N) is 3. The number of amides is 1. The maximum atomic E-state index is 14.1. The Balaban J connectivity index is 1.18. The number of ether oxygens (including phenoxy) is 1. The van der Waals surface area contributed by atoms with Gasteiger partial charge in [-0.05, 0) is 75.1 Å². The summed E-state index contributed by atoms with van der Waals surface area (Å²) in [5, 5.41) is 5.09. The van der Waals surface area contributed by atoms with Crippen molar-refractivity contribution in [1.29, 1.82) is 0 Å². The number of para-hydroxylation sites is 2. The first-order valence-corrected chi connectivity index (χ1v) is 18.0. The van der Waals surface area contributed by atoms with Crippen molar-refractivity contribution < 1.29 is 23.5 Å². The molecule has 254 valence electrons. The highest BCUT2D eigenvalue weighted by Gasteiger charge is 2.41. The molecule has 4 aromatic rings. The van der Waals surface area contributed by atoms with Crippen molar-refractivity contribution in [2.45, 2.75) is 76.0 Å². The zero-order valence-electron chi connectivity index (χ0n) is 26.9. The molecule has 3 atom stereocenters. The number of hydrogen-bond acceptors (Lipinski definition) is 10. The molecule has 2 aliphatic heterocycles. The van der Waals surface area contributed by atoms with Gasteiger partial charge in [0.2, 0.25) is 11.7 Å². The van der Waals surface area contributed by atoms with E-state index < -0.39 is 12.0 Å². The Morgan fingerprint density at radius 3 is 2.67 bits per heavy atom. The first-order valence-electron chi connectivity index (χ1n) is 16.8. The Hall–Kier alpha value is -3.48.